The van der Waals surface area contributed by atoms with E-state index in [2.05, 4.69) is 16.7 Å². The summed E-state index contributed by atoms with van der Waals surface area (Å²) in [4.78, 5) is 25.9. The van der Waals surface area contributed by atoms with Crippen LogP contribution in [0.4, 0.5) is 5.69 Å². The lowest BCUT2D eigenvalue weighted by molar-refractivity contribution is -0.141. The topological polar surface area (TPSA) is 91.2 Å². The van der Waals surface area contributed by atoms with Crippen molar-refractivity contribution in [2.45, 2.75) is 19.4 Å². The van der Waals surface area contributed by atoms with Crippen molar-refractivity contribution < 1.29 is 14.3 Å². The summed E-state index contributed by atoms with van der Waals surface area (Å²) in [5.41, 5.74) is 3.40. The van der Waals surface area contributed by atoms with Crippen LogP contribution in [0.3, 0.4) is 0 Å². The quantitative estimate of drug-likeness (QED) is 0.340. The molecule has 0 unspecified atom stereocenters. The van der Waals surface area contributed by atoms with E-state index in [1.807, 2.05) is 54.6 Å². The van der Waals surface area contributed by atoms with Gasteiger partial charge in [0.25, 0.3) is 5.91 Å². The highest BCUT2D eigenvalue weighted by Gasteiger charge is 2.36. The predicted octanol–water partition coefficient (Wildman–Crippen LogP) is 6.15. The van der Waals surface area contributed by atoms with Gasteiger partial charge in [-0.3, -0.25) is 9.59 Å². The average molecular weight is 530 g/mol. The van der Waals surface area contributed by atoms with Crippen LogP contribution >= 0.6 is 23.4 Å². The lowest BCUT2D eigenvalue weighted by Crippen LogP contribution is -2.31. The number of halogens is 1. The summed E-state index contributed by atoms with van der Waals surface area (Å²) in [5, 5.41) is 17.2. The molecule has 0 saturated heterocycles. The van der Waals surface area contributed by atoms with Crippen molar-refractivity contribution in [1.82, 2.24) is 5.32 Å². The number of esters is 1. The maximum Gasteiger partial charge on any atom is 0.316 e. The van der Waals surface area contributed by atoms with Gasteiger partial charge in [0.15, 0.2) is 0 Å². The van der Waals surface area contributed by atoms with Gasteiger partial charge in [0.2, 0.25) is 0 Å². The summed E-state index contributed by atoms with van der Waals surface area (Å²) in [7, 11) is 0. The smallest absolute Gasteiger partial charge is 0.316 e. The second-order valence-electron chi connectivity index (χ2n) is 8.23. The number of thioether (sulfide) groups is 1. The minimum atomic E-state index is -0.716. The maximum absolute atomic E-state index is 13.5. The number of para-hydroxylation sites is 1. The lowest BCUT2D eigenvalue weighted by Gasteiger charge is -2.30. The molecule has 1 atom stereocenters. The third-order valence-electron chi connectivity index (χ3n) is 5.72. The second-order valence-corrected chi connectivity index (χ2v) is 9.62. The van der Waals surface area contributed by atoms with E-state index >= 15 is 0 Å². The van der Waals surface area contributed by atoms with Crippen molar-refractivity contribution >= 4 is 40.9 Å². The van der Waals surface area contributed by atoms with Gasteiger partial charge in [0.05, 0.1) is 28.3 Å². The van der Waals surface area contributed by atoms with E-state index in [1.165, 1.54) is 0 Å². The molecule has 1 heterocycles. The maximum atomic E-state index is 13.5. The van der Waals surface area contributed by atoms with Gasteiger partial charge in [-0.25, -0.2) is 0 Å². The molecule has 37 heavy (non-hydrogen) atoms. The second kappa shape index (κ2) is 12.3. The standard InChI is InChI=1S/C29H24ClN3O3S/c1-19-26(28(35)33-21-12-6-3-7-13-21)27(22-14-8-9-15-24(22)30)23(16-31)29(32-19)37-18-25(34)36-17-20-10-4-2-5-11-20/h2-15,27,32H,17-18H2,1H3,(H,33,35)/t27-/m1/s1. The zero-order valence-electron chi connectivity index (χ0n) is 20.0. The molecular weight excluding hydrogens is 506 g/mol. The first-order valence-electron chi connectivity index (χ1n) is 11.5. The van der Waals surface area contributed by atoms with Crippen molar-refractivity contribution in [2.24, 2.45) is 0 Å². The molecule has 0 aliphatic carbocycles. The number of carbonyl (C=O) groups is 2. The molecule has 186 valence electrons. The van der Waals surface area contributed by atoms with E-state index in [-0.39, 0.29) is 18.3 Å². The zero-order chi connectivity index (χ0) is 26.2. The molecule has 3 aromatic carbocycles. The highest BCUT2D eigenvalue weighted by molar-refractivity contribution is 8.03. The molecule has 0 bridgehead atoms. The molecule has 3 aromatic rings. The lowest BCUT2D eigenvalue weighted by atomic mass is 9.82. The number of benzene rings is 3. The SMILES string of the molecule is CC1=C(C(=O)Nc2ccccc2)[C@H](c2ccccc2Cl)C(C#N)=C(SCC(=O)OCc2ccccc2)N1. The molecule has 6 nitrogen and oxygen atoms in total. The van der Waals surface area contributed by atoms with E-state index < -0.39 is 11.9 Å². The van der Waals surface area contributed by atoms with Crippen molar-refractivity contribution in [1.29, 1.82) is 5.26 Å². The van der Waals surface area contributed by atoms with E-state index in [9.17, 15) is 14.9 Å². The van der Waals surface area contributed by atoms with Gasteiger partial charge in [-0.2, -0.15) is 5.26 Å². The summed E-state index contributed by atoms with van der Waals surface area (Å²) >= 11 is 7.71. The Morgan fingerprint density at radius 1 is 1.03 bits per heavy atom. The minimum absolute atomic E-state index is 0.00554. The molecule has 0 saturated carbocycles. The fraction of sp³-hybridized carbons (Fsp3) is 0.138. The van der Waals surface area contributed by atoms with Crippen LogP contribution in [-0.4, -0.2) is 17.6 Å². The first-order chi connectivity index (χ1) is 18.0. The number of anilines is 1. The van der Waals surface area contributed by atoms with Gasteiger partial charge in [0, 0.05) is 22.0 Å². The van der Waals surface area contributed by atoms with Crippen LogP contribution in [0.5, 0.6) is 0 Å². The summed E-state index contributed by atoms with van der Waals surface area (Å²) in [6, 6.07) is 27.9. The number of carbonyl (C=O) groups excluding carboxylic acids is 2. The number of dihydropyridines is 1. The fourth-order valence-electron chi connectivity index (χ4n) is 3.98. The number of rotatable bonds is 8. The van der Waals surface area contributed by atoms with Gasteiger partial charge in [-0.1, -0.05) is 90.1 Å². The predicted molar refractivity (Wildman–Crippen MR) is 146 cm³/mol. The van der Waals surface area contributed by atoms with Crippen molar-refractivity contribution in [3.63, 3.8) is 0 Å². The summed E-state index contributed by atoms with van der Waals surface area (Å²) < 4.78 is 5.38. The van der Waals surface area contributed by atoms with Crippen molar-refractivity contribution in [2.75, 3.05) is 11.1 Å². The van der Waals surface area contributed by atoms with E-state index in [0.717, 1.165) is 17.3 Å². The van der Waals surface area contributed by atoms with Crippen LogP contribution < -0.4 is 10.6 Å². The molecular formula is C29H24ClN3O3S. The molecule has 0 radical (unpaired) electrons. The Morgan fingerprint density at radius 3 is 2.35 bits per heavy atom. The monoisotopic (exact) mass is 529 g/mol. The van der Waals surface area contributed by atoms with Gasteiger partial charge in [-0.05, 0) is 36.2 Å². The number of nitrogens with zero attached hydrogens (tertiary/aromatic N) is 1. The highest BCUT2D eigenvalue weighted by Crippen LogP contribution is 2.43. The molecule has 0 spiro atoms. The number of ether oxygens (including phenoxy) is 1. The van der Waals surface area contributed by atoms with E-state index in [1.54, 1.807) is 37.3 Å². The third-order valence-corrected chi connectivity index (χ3v) is 7.05. The zero-order valence-corrected chi connectivity index (χ0v) is 21.6. The van der Waals surface area contributed by atoms with Crippen LogP contribution in [0.25, 0.3) is 0 Å². The van der Waals surface area contributed by atoms with Gasteiger partial charge in [-0.15, -0.1) is 0 Å². The number of hydrogen-bond acceptors (Lipinski definition) is 6. The summed E-state index contributed by atoms with van der Waals surface area (Å²) in [6.45, 7) is 1.94. The van der Waals surface area contributed by atoms with E-state index in [4.69, 9.17) is 16.3 Å². The Hall–Kier alpha value is -3.99. The highest BCUT2D eigenvalue weighted by atomic mass is 35.5. The van der Waals surface area contributed by atoms with E-state index in [0.29, 0.717) is 38.1 Å². The normalized spacial score (nSPS) is 15.0. The molecule has 8 heteroatoms. The van der Waals surface area contributed by atoms with Gasteiger partial charge < -0.3 is 15.4 Å². The van der Waals surface area contributed by atoms with Gasteiger partial charge >= 0.3 is 5.97 Å². The average Bonchev–Trinajstić information content (AvgIpc) is 2.91. The fourth-order valence-corrected chi connectivity index (χ4v) is 5.11. The Labute approximate surface area is 225 Å². The molecule has 2 N–H and O–H groups in total. The molecule has 1 aliphatic heterocycles. The van der Waals surface area contributed by atoms with Crippen LogP contribution in [0.2, 0.25) is 5.02 Å². The number of nitrogens with one attached hydrogen (secondary N) is 2. The number of amides is 1. The molecule has 0 aromatic heterocycles. The first-order valence-corrected chi connectivity index (χ1v) is 12.9. The van der Waals surface area contributed by atoms with Gasteiger partial charge in [0.1, 0.15) is 6.61 Å². The largest absolute Gasteiger partial charge is 0.460 e. The van der Waals surface area contributed by atoms with Crippen molar-refractivity contribution in [3.05, 3.63) is 123 Å². The Morgan fingerprint density at radius 2 is 1.68 bits per heavy atom. The van der Waals surface area contributed by atoms with Crippen molar-refractivity contribution in [3.8, 4) is 6.07 Å². The molecule has 0 fully saturated rings. The Kier molecular flexibility index (Phi) is 8.68. The third kappa shape index (κ3) is 6.42. The number of allylic oxidation sites excluding steroid dienone is 2. The number of nitriles is 1. The minimum Gasteiger partial charge on any atom is -0.460 e. The Bertz CT molecular complexity index is 1400. The molecule has 1 aliphatic rings. The van der Waals surface area contributed by atoms with Crippen LogP contribution in [0, 0.1) is 11.3 Å². The summed E-state index contributed by atoms with van der Waals surface area (Å²) in [6.07, 6.45) is 0. The van der Waals surface area contributed by atoms with Crippen LogP contribution in [0.15, 0.2) is 107 Å². The van der Waals surface area contributed by atoms with Crippen LogP contribution in [0.1, 0.15) is 24.0 Å². The first kappa shape index (κ1) is 26.1. The Balaban J connectivity index is 1.60. The molecule has 1 amide bonds. The number of hydrogen-bond donors (Lipinski definition) is 2. The van der Waals surface area contributed by atoms with Crippen LogP contribution in [-0.2, 0) is 20.9 Å². The molecule has 4 rings (SSSR count). The summed E-state index contributed by atoms with van der Waals surface area (Å²) in [5.74, 6) is -1.48.